The van der Waals surface area contributed by atoms with Crippen molar-refractivity contribution in [2.75, 3.05) is 6.61 Å². The van der Waals surface area contributed by atoms with Gasteiger partial charge in [-0.3, -0.25) is 4.79 Å². The lowest BCUT2D eigenvalue weighted by atomic mass is 9.84. The molecule has 0 amide bonds. The van der Waals surface area contributed by atoms with E-state index >= 15 is 0 Å². The van der Waals surface area contributed by atoms with Crippen LogP contribution in [0.1, 0.15) is 27.2 Å². The molecule has 3 nitrogen and oxygen atoms in total. The summed E-state index contributed by atoms with van der Waals surface area (Å²) >= 11 is 0. The van der Waals surface area contributed by atoms with Gasteiger partial charge >= 0.3 is 5.97 Å². The van der Waals surface area contributed by atoms with Gasteiger partial charge in [0.2, 0.25) is 0 Å². The van der Waals surface area contributed by atoms with Crippen molar-refractivity contribution in [1.82, 2.24) is 0 Å². The molecule has 0 aliphatic carbocycles. The van der Waals surface area contributed by atoms with Gasteiger partial charge in [0.15, 0.2) is 12.5 Å². The van der Waals surface area contributed by atoms with E-state index in [1.165, 1.54) is 0 Å². The third kappa shape index (κ3) is 6.26. The molecule has 0 heterocycles. The van der Waals surface area contributed by atoms with Gasteiger partial charge in [-0.1, -0.05) is 0 Å². The van der Waals surface area contributed by atoms with Crippen molar-refractivity contribution in [3.63, 3.8) is 0 Å². The molecule has 0 aliphatic heterocycles. The molecule has 86 valence electrons. The van der Waals surface area contributed by atoms with Gasteiger partial charge < -0.3 is 9.53 Å². The second kappa shape index (κ2) is 5.88. The average Bonchev–Trinajstić information content (AvgIpc) is 2.12. The molecule has 5 heteroatoms. The van der Waals surface area contributed by atoms with Crippen LogP contribution in [0.2, 0.25) is 5.82 Å². The highest BCUT2D eigenvalue weighted by molar-refractivity contribution is 6.11. The van der Waals surface area contributed by atoms with Crippen molar-refractivity contribution in [3.05, 3.63) is 0 Å². The molecule has 0 saturated heterocycles. The number of esters is 1. The molecular weight excluding hydrogens is 198 g/mol. The van der Waals surface area contributed by atoms with Gasteiger partial charge in [-0.15, -0.1) is 0 Å². The Morgan fingerprint density at radius 1 is 1.53 bits per heavy atom. The number of hydrogen-bond acceptors (Lipinski definition) is 3. The van der Waals surface area contributed by atoms with E-state index in [-0.39, 0.29) is 31.1 Å². The predicted octanol–water partition coefficient (Wildman–Crippen LogP) is 0.924. The van der Waals surface area contributed by atoms with Crippen LogP contribution in [0.15, 0.2) is 0 Å². The SMILES string of the molecule is B[C@@H](COC(=O)C(C)(C)C)C[C@H](F)C=O. The minimum atomic E-state index is -1.46. The molecule has 0 spiro atoms. The zero-order valence-electron chi connectivity index (χ0n) is 9.75. The monoisotopic (exact) mass is 216 g/mol. The number of rotatable bonds is 5. The zero-order valence-corrected chi connectivity index (χ0v) is 9.75. The number of alkyl halides is 1. The van der Waals surface area contributed by atoms with Gasteiger partial charge in [0.25, 0.3) is 0 Å². The van der Waals surface area contributed by atoms with Crippen LogP contribution >= 0.6 is 0 Å². The molecular formula is C10H18BFO3. The van der Waals surface area contributed by atoms with Crippen LogP contribution in [-0.2, 0) is 14.3 Å². The fourth-order valence-corrected chi connectivity index (χ4v) is 0.942. The lowest BCUT2D eigenvalue weighted by Crippen LogP contribution is -2.25. The zero-order chi connectivity index (χ0) is 12.1. The standard InChI is InChI=1S/C10H18BFO3/c1-10(2,3)9(14)15-6-7(11)4-8(12)5-13/h5,7-8H,4,6,11H2,1-3H3/t7-,8+/m1/s1. The van der Waals surface area contributed by atoms with E-state index in [2.05, 4.69) is 0 Å². The quantitative estimate of drug-likeness (QED) is 0.390. The minimum absolute atomic E-state index is 0.0981. The molecule has 0 saturated carbocycles. The highest BCUT2D eigenvalue weighted by atomic mass is 19.1. The summed E-state index contributed by atoms with van der Waals surface area (Å²) < 4.78 is 17.6. The molecule has 0 radical (unpaired) electrons. The largest absolute Gasteiger partial charge is 0.466 e. The van der Waals surface area contributed by atoms with Crippen LogP contribution in [-0.4, -0.2) is 32.9 Å². The molecule has 15 heavy (non-hydrogen) atoms. The first-order chi connectivity index (χ1) is 6.77. The molecule has 2 atom stereocenters. The summed E-state index contributed by atoms with van der Waals surface area (Å²) in [6.07, 6.45) is -1.10. The number of hydrogen-bond donors (Lipinski definition) is 0. The maximum absolute atomic E-state index is 12.6. The second-order valence-corrected chi connectivity index (χ2v) is 4.84. The van der Waals surface area contributed by atoms with E-state index in [1.54, 1.807) is 28.6 Å². The molecule has 0 aromatic rings. The van der Waals surface area contributed by atoms with Crippen LogP contribution < -0.4 is 0 Å². The van der Waals surface area contributed by atoms with E-state index in [0.29, 0.717) is 0 Å². The third-order valence-electron chi connectivity index (χ3n) is 1.89. The molecule has 0 aliphatic rings. The summed E-state index contributed by atoms with van der Waals surface area (Å²) in [5, 5.41) is 0. The smallest absolute Gasteiger partial charge is 0.311 e. The summed E-state index contributed by atoms with van der Waals surface area (Å²) in [5.74, 6) is -0.452. The fraction of sp³-hybridized carbons (Fsp3) is 0.800. The van der Waals surface area contributed by atoms with Crippen molar-refractivity contribution in [3.8, 4) is 0 Å². The first-order valence-corrected chi connectivity index (χ1v) is 5.04. The van der Waals surface area contributed by atoms with Gasteiger partial charge in [-0.2, -0.15) is 0 Å². The number of carbonyl (C=O) groups is 2. The summed E-state index contributed by atoms with van der Waals surface area (Å²) in [6.45, 7) is 5.42. The Labute approximate surface area is 90.8 Å². The van der Waals surface area contributed by atoms with E-state index in [1.807, 2.05) is 0 Å². The number of ether oxygens (including phenoxy) is 1. The van der Waals surface area contributed by atoms with E-state index in [0.717, 1.165) is 0 Å². The summed E-state index contributed by atoms with van der Waals surface area (Å²) in [5.41, 5.74) is -0.542. The molecule has 0 fully saturated rings. The summed E-state index contributed by atoms with van der Waals surface area (Å²) in [7, 11) is 1.74. The van der Waals surface area contributed by atoms with Gasteiger partial charge in [0.05, 0.1) is 12.0 Å². The molecule has 0 rings (SSSR count). The van der Waals surface area contributed by atoms with E-state index in [4.69, 9.17) is 4.74 Å². The summed E-state index contributed by atoms with van der Waals surface area (Å²) in [4.78, 5) is 21.4. The molecule has 0 aromatic heterocycles. The third-order valence-corrected chi connectivity index (χ3v) is 1.89. The van der Waals surface area contributed by atoms with Gasteiger partial charge in [0, 0.05) is 0 Å². The van der Waals surface area contributed by atoms with Gasteiger partial charge in [-0.25, -0.2) is 4.39 Å². The van der Waals surface area contributed by atoms with Crippen LogP contribution in [0.5, 0.6) is 0 Å². The summed E-state index contributed by atoms with van der Waals surface area (Å²) in [6, 6.07) is 0. The lowest BCUT2D eigenvalue weighted by Gasteiger charge is -2.19. The average molecular weight is 216 g/mol. The van der Waals surface area contributed by atoms with E-state index < -0.39 is 11.6 Å². The first kappa shape index (κ1) is 14.1. The van der Waals surface area contributed by atoms with Crippen LogP contribution in [0.25, 0.3) is 0 Å². The van der Waals surface area contributed by atoms with E-state index in [9.17, 15) is 14.0 Å². The highest BCUT2D eigenvalue weighted by Gasteiger charge is 2.23. The Bertz CT molecular complexity index is 225. The minimum Gasteiger partial charge on any atom is -0.466 e. The number of aldehydes is 1. The Morgan fingerprint density at radius 2 is 2.07 bits per heavy atom. The maximum atomic E-state index is 12.6. The second-order valence-electron chi connectivity index (χ2n) is 4.84. The van der Waals surface area contributed by atoms with Crippen LogP contribution in [0, 0.1) is 5.41 Å². The van der Waals surface area contributed by atoms with Crippen molar-refractivity contribution in [2.24, 2.45) is 5.41 Å². The molecule has 0 N–H and O–H groups in total. The maximum Gasteiger partial charge on any atom is 0.311 e. The van der Waals surface area contributed by atoms with Crippen molar-refractivity contribution in [1.29, 1.82) is 0 Å². The molecule has 0 bridgehead atoms. The number of halogens is 1. The Hall–Kier alpha value is -0.865. The Balaban J connectivity index is 3.86. The van der Waals surface area contributed by atoms with Crippen molar-refractivity contribution < 1.29 is 18.7 Å². The van der Waals surface area contributed by atoms with Crippen LogP contribution in [0.4, 0.5) is 4.39 Å². The predicted molar refractivity (Wildman–Crippen MR) is 58.3 cm³/mol. The molecule has 0 unspecified atom stereocenters. The first-order valence-electron chi connectivity index (χ1n) is 5.04. The molecule has 0 aromatic carbocycles. The number of carbonyl (C=O) groups excluding carboxylic acids is 2. The normalized spacial score (nSPS) is 15.5. The fourth-order valence-electron chi connectivity index (χ4n) is 0.942. The topological polar surface area (TPSA) is 43.4 Å². The van der Waals surface area contributed by atoms with Crippen LogP contribution in [0.3, 0.4) is 0 Å². The van der Waals surface area contributed by atoms with Crippen molar-refractivity contribution >= 4 is 20.1 Å². The Kier molecular flexibility index (Phi) is 5.54. The Morgan fingerprint density at radius 3 is 2.47 bits per heavy atom. The lowest BCUT2D eigenvalue weighted by molar-refractivity contribution is -0.153. The van der Waals surface area contributed by atoms with Gasteiger partial charge in [-0.05, 0) is 33.0 Å². The highest BCUT2D eigenvalue weighted by Crippen LogP contribution is 2.17. The van der Waals surface area contributed by atoms with Gasteiger partial charge in [0.1, 0.15) is 7.85 Å². The van der Waals surface area contributed by atoms with Crippen molar-refractivity contribution in [2.45, 2.75) is 39.2 Å².